The number of nitro benzene ring substituents is 1. The first-order valence-corrected chi connectivity index (χ1v) is 4.83. The van der Waals surface area contributed by atoms with Crippen LogP contribution in [0, 0.1) is 10.1 Å². The van der Waals surface area contributed by atoms with Crippen molar-refractivity contribution in [3.8, 4) is 5.69 Å². The third-order valence-electron chi connectivity index (χ3n) is 1.88. The van der Waals surface area contributed by atoms with Gasteiger partial charge < -0.3 is 0 Å². The van der Waals surface area contributed by atoms with Crippen molar-refractivity contribution in [3.05, 3.63) is 44.9 Å². The van der Waals surface area contributed by atoms with Crippen molar-refractivity contribution in [1.29, 1.82) is 0 Å². The van der Waals surface area contributed by atoms with Crippen LogP contribution >= 0.6 is 23.2 Å². The van der Waals surface area contributed by atoms with Crippen LogP contribution in [0.4, 0.5) is 5.69 Å². The molecule has 6 nitrogen and oxygen atoms in total. The van der Waals surface area contributed by atoms with Crippen LogP contribution in [-0.4, -0.2) is 19.7 Å². The molecule has 0 bridgehead atoms. The molecule has 0 saturated heterocycles. The van der Waals surface area contributed by atoms with Crippen molar-refractivity contribution < 1.29 is 4.92 Å². The minimum Gasteiger partial charge on any atom is -0.258 e. The van der Waals surface area contributed by atoms with Crippen molar-refractivity contribution in [2.45, 2.75) is 0 Å². The summed E-state index contributed by atoms with van der Waals surface area (Å²) in [5.41, 5.74) is 0.0387. The second-order valence-corrected chi connectivity index (χ2v) is 3.67. The first kappa shape index (κ1) is 10.8. The Morgan fingerprint density at radius 2 is 2.00 bits per heavy atom. The molecule has 2 aromatic rings. The lowest BCUT2D eigenvalue weighted by molar-refractivity contribution is -0.384. The van der Waals surface area contributed by atoms with Gasteiger partial charge in [0, 0.05) is 6.07 Å². The largest absolute Gasteiger partial charge is 0.296 e. The van der Waals surface area contributed by atoms with Crippen LogP contribution < -0.4 is 0 Å². The summed E-state index contributed by atoms with van der Waals surface area (Å²) in [6, 6.07) is 2.55. The Balaban J connectivity index is 2.68. The number of hydrogen-bond acceptors (Lipinski definition) is 4. The number of aromatic nitrogens is 3. The molecule has 8 heteroatoms. The first-order chi connectivity index (χ1) is 7.59. The summed E-state index contributed by atoms with van der Waals surface area (Å²) in [4.78, 5) is 14.0. The molecular formula is C8H4Cl2N4O2. The predicted molar refractivity (Wildman–Crippen MR) is 58.0 cm³/mol. The van der Waals surface area contributed by atoms with E-state index in [-0.39, 0.29) is 21.4 Å². The van der Waals surface area contributed by atoms with Gasteiger partial charge in [0.2, 0.25) is 0 Å². The summed E-state index contributed by atoms with van der Waals surface area (Å²) in [5.74, 6) is 0. The maximum absolute atomic E-state index is 10.8. The summed E-state index contributed by atoms with van der Waals surface area (Å²) >= 11 is 11.5. The van der Waals surface area contributed by atoms with Gasteiger partial charge >= 0.3 is 0 Å². The number of nitro groups is 1. The van der Waals surface area contributed by atoms with Crippen LogP contribution in [0.3, 0.4) is 0 Å². The van der Waals surface area contributed by atoms with E-state index in [1.807, 2.05) is 0 Å². The monoisotopic (exact) mass is 258 g/mol. The zero-order chi connectivity index (χ0) is 11.7. The number of benzene rings is 1. The van der Waals surface area contributed by atoms with Gasteiger partial charge in [0.1, 0.15) is 18.3 Å². The van der Waals surface area contributed by atoms with Gasteiger partial charge in [-0.2, -0.15) is 5.10 Å². The maximum atomic E-state index is 10.8. The summed E-state index contributed by atoms with van der Waals surface area (Å²) in [6.45, 7) is 0. The fraction of sp³-hybridized carbons (Fsp3) is 0. The molecular weight excluding hydrogens is 255 g/mol. The minimum atomic E-state index is -0.556. The van der Waals surface area contributed by atoms with E-state index in [4.69, 9.17) is 23.2 Å². The summed E-state index contributed by atoms with van der Waals surface area (Å²) in [7, 11) is 0. The molecule has 16 heavy (non-hydrogen) atoms. The van der Waals surface area contributed by atoms with Crippen LogP contribution in [0.15, 0.2) is 24.8 Å². The lowest BCUT2D eigenvalue weighted by Gasteiger charge is -2.03. The smallest absolute Gasteiger partial charge is 0.258 e. The van der Waals surface area contributed by atoms with E-state index in [1.54, 1.807) is 0 Å². The van der Waals surface area contributed by atoms with Crippen LogP contribution in [0.1, 0.15) is 0 Å². The highest BCUT2D eigenvalue weighted by Gasteiger charge is 2.18. The highest BCUT2D eigenvalue weighted by molar-refractivity contribution is 6.42. The van der Waals surface area contributed by atoms with Crippen LogP contribution in [0.5, 0.6) is 0 Å². The molecule has 0 spiro atoms. The quantitative estimate of drug-likeness (QED) is 0.613. The molecule has 0 atom stereocenters. The molecule has 0 fully saturated rings. The molecule has 0 aliphatic rings. The Bertz CT molecular complexity index is 541. The molecule has 1 heterocycles. The Kier molecular flexibility index (Phi) is 2.76. The fourth-order valence-electron chi connectivity index (χ4n) is 1.19. The Morgan fingerprint density at radius 3 is 2.56 bits per heavy atom. The molecule has 0 amide bonds. The van der Waals surface area contributed by atoms with Gasteiger partial charge in [0.05, 0.1) is 15.0 Å². The van der Waals surface area contributed by atoms with Crippen molar-refractivity contribution in [3.63, 3.8) is 0 Å². The third-order valence-corrected chi connectivity index (χ3v) is 2.60. The lowest BCUT2D eigenvalue weighted by atomic mass is 10.2. The zero-order valence-corrected chi connectivity index (χ0v) is 9.18. The third kappa shape index (κ3) is 1.84. The molecule has 0 aliphatic carbocycles. The average Bonchev–Trinajstić information content (AvgIpc) is 2.74. The number of halogens is 2. The summed E-state index contributed by atoms with van der Waals surface area (Å²) in [6.07, 6.45) is 2.61. The van der Waals surface area contributed by atoms with E-state index < -0.39 is 4.92 Å². The fourth-order valence-corrected chi connectivity index (χ4v) is 1.50. The second-order valence-electron chi connectivity index (χ2n) is 2.85. The number of rotatable bonds is 2. The SMILES string of the molecule is O=[N+]([O-])c1cc(Cl)c(Cl)cc1-n1cncn1. The molecule has 0 saturated carbocycles. The van der Waals surface area contributed by atoms with Crippen LogP contribution in [0.25, 0.3) is 5.69 Å². The van der Waals surface area contributed by atoms with Crippen molar-refractivity contribution in [1.82, 2.24) is 14.8 Å². The van der Waals surface area contributed by atoms with E-state index in [9.17, 15) is 10.1 Å². The molecule has 0 unspecified atom stereocenters. The first-order valence-electron chi connectivity index (χ1n) is 4.08. The van der Waals surface area contributed by atoms with Crippen molar-refractivity contribution in [2.75, 3.05) is 0 Å². The van der Waals surface area contributed by atoms with Gasteiger partial charge in [-0.15, -0.1) is 0 Å². The summed E-state index contributed by atoms with van der Waals surface area (Å²) < 4.78 is 1.25. The maximum Gasteiger partial charge on any atom is 0.296 e. The van der Waals surface area contributed by atoms with E-state index in [2.05, 4.69) is 10.1 Å². The number of hydrogen-bond donors (Lipinski definition) is 0. The minimum absolute atomic E-state index is 0.122. The highest BCUT2D eigenvalue weighted by Crippen LogP contribution is 2.32. The van der Waals surface area contributed by atoms with Gasteiger partial charge in [-0.05, 0) is 6.07 Å². The van der Waals surface area contributed by atoms with Crippen LogP contribution in [0.2, 0.25) is 10.0 Å². The van der Waals surface area contributed by atoms with E-state index >= 15 is 0 Å². The Labute approximate surface area is 99.6 Å². The average molecular weight is 259 g/mol. The highest BCUT2D eigenvalue weighted by atomic mass is 35.5. The van der Waals surface area contributed by atoms with E-state index in [0.717, 1.165) is 0 Å². The second kappa shape index (κ2) is 4.07. The Morgan fingerprint density at radius 1 is 1.31 bits per heavy atom. The number of nitrogens with zero attached hydrogens (tertiary/aromatic N) is 4. The topological polar surface area (TPSA) is 73.8 Å². The van der Waals surface area contributed by atoms with Crippen molar-refractivity contribution >= 4 is 28.9 Å². The molecule has 1 aromatic heterocycles. The van der Waals surface area contributed by atoms with E-state index in [0.29, 0.717) is 0 Å². The molecule has 82 valence electrons. The standard InChI is InChI=1S/C8H4Cl2N4O2/c9-5-1-7(13-4-11-3-12-13)8(14(15)16)2-6(5)10/h1-4H. The van der Waals surface area contributed by atoms with Crippen molar-refractivity contribution in [2.24, 2.45) is 0 Å². The molecule has 0 N–H and O–H groups in total. The van der Waals surface area contributed by atoms with Gasteiger partial charge in [-0.1, -0.05) is 23.2 Å². The molecule has 1 aromatic carbocycles. The zero-order valence-electron chi connectivity index (χ0n) is 7.67. The summed E-state index contributed by atoms with van der Waals surface area (Å²) in [5, 5.41) is 15.0. The molecule has 0 aliphatic heterocycles. The van der Waals surface area contributed by atoms with Gasteiger partial charge in [0.15, 0.2) is 0 Å². The van der Waals surface area contributed by atoms with Gasteiger partial charge in [-0.25, -0.2) is 9.67 Å². The van der Waals surface area contributed by atoms with E-state index in [1.165, 1.54) is 29.5 Å². The lowest BCUT2D eigenvalue weighted by Crippen LogP contribution is -2.00. The van der Waals surface area contributed by atoms with Gasteiger partial charge in [-0.3, -0.25) is 10.1 Å². The predicted octanol–water partition coefficient (Wildman–Crippen LogP) is 2.48. The Hall–Kier alpha value is -1.66. The van der Waals surface area contributed by atoms with Gasteiger partial charge in [0.25, 0.3) is 5.69 Å². The normalized spacial score (nSPS) is 10.4. The molecule has 0 radical (unpaired) electrons. The van der Waals surface area contributed by atoms with Crippen LogP contribution in [-0.2, 0) is 0 Å². The molecule has 2 rings (SSSR count).